The lowest BCUT2D eigenvalue weighted by Gasteiger charge is -2.07. The van der Waals surface area contributed by atoms with Crippen LogP contribution in [-0.2, 0) is 0 Å². The van der Waals surface area contributed by atoms with Crippen LogP contribution in [0.1, 0.15) is 10.4 Å². The minimum Gasteiger partial charge on any atom is -0.393 e. The first-order chi connectivity index (χ1) is 9.49. The van der Waals surface area contributed by atoms with Crippen molar-refractivity contribution < 1.29 is 9.72 Å². The second kappa shape index (κ2) is 5.58. The average molecular weight is 292 g/mol. The normalized spacial score (nSPS) is 10.1. The predicted octanol–water partition coefficient (Wildman–Crippen LogP) is 3.08. The number of nitrogen functional groups attached to an aromatic ring is 1. The summed E-state index contributed by atoms with van der Waals surface area (Å²) in [6.07, 6.45) is 0. The zero-order chi connectivity index (χ0) is 14.7. The molecular formula is C13H10ClN3O3. The fraction of sp³-hybridized carbons (Fsp3) is 0. The predicted molar refractivity (Wildman–Crippen MR) is 76.9 cm³/mol. The van der Waals surface area contributed by atoms with Crippen LogP contribution in [0, 0.1) is 10.1 Å². The molecular weight excluding hydrogens is 282 g/mol. The molecule has 0 saturated heterocycles. The van der Waals surface area contributed by atoms with Gasteiger partial charge in [-0.05, 0) is 30.3 Å². The van der Waals surface area contributed by atoms with Gasteiger partial charge in [0.05, 0.1) is 4.92 Å². The van der Waals surface area contributed by atoms with Crippen LogP contribution in [0.25, 0.3) is 0 Å². The van der Waals surface area contributed by atoms with Crippen molar-refractivity contribution >= 4 is 34.6 Å². The largest absolute Gasteiger partial charge is 0.393 e. The summed E-state index contributed by atoms with van der Waals surface area (Å²) in [5.74, 6) is -0.619. The number of carbonyl (C=O) groups is 1. The van der Waals surface area contributed by atoms with Gasteiger partial charge in [0, 0.05) is 10.7 Å². The average Bonchev–Trinajstić information content (AvgIpc) is 2.37. The van der Waals surface area contributed by atoms with Gasteiger partial charge in [0.15, 0.2) is 0 Å². The highest BCUT2D eigenvalue weighted by molar-refractivity contribution is 6.31. The van der Waals surface area contributed by atoms with Gasteiger partial charge in [0.1, 0.15) is 11.3 Å². The number of nitro benzene ring substituents is 1. The van der Waals surface area contributed by atoms with E-state index in [4.69, 9.17) is 17.3 Å². The summed E-state index contributed by atoms with van der Waals surface area (Å²) in [5, 5.41) is 14.0. The van der Waals surface area contributed by atoms with Crippen molar-refractivity contribution in [3.63, 3.8) is 0 Å². The topological polar surface area (TPSA) is 98.3 Å². The molecule has 2 aromatic rings. The van der Waals surface area contributed by atoms with E-state index >= 15 is 0 Å². The van der Waals surface area contributed by atoms with Crippen LogP contribution in [0.15, 0.2) is 42.5 Å². The number of halogens is 1. The number of hydrogen-bond donors (Lipinski definition) is 2. The van der Waals surface area contributed by atoms with Crippen LogP contribution < -0.4 is 11.1 Å². The highest BCUT2D eigenvalue weighted by atomic mass is 35.5. The van der Waals surface area contributed by atoms with Gasteiger partial charge >= 0.3 is 5.69 Å². The third kappa shape index (κ3) is 2.86. The van der Waals surface area contributed by atoms with Gasteiger partial charge in [-0.2, -0.15) is 0 Å². The molecule has 6 nitrogen and oxygen atoms in total. The first-order valence-corrected chi connectivity index (χ1v) is 5.96. The summed E-state index contributed by atoms with van der Waals surface area (Å²) in [4.78, 5) is 22.4. The number of nitrogens with zero attached hydrogens (tertiary/aromatic N) is 1. The maximum Gasteiger partial charge on any atom is 0.304 e. The Bertz CT molecular complexity index is 688. The van der Waals surface area contributed by atoms with Crippen molar-refractivity contribution in [1.82, 2.24) is 0 Å². The molecule has 0 aromatic heterocycles. The summed E-state index contributed by atoms with van der Waals surface area (Å²) in [6, 6.07) is 10.7. The molecule has 2 rings (SSSR count). The molecule has 102 valence electrons. The maximum atomic E-state index is 12.1. The minimum absolute atomic E-state index is 0.0613. The van der Waals surface area contributed by atoms with Gasteiger partial charge in [0.2, 0.25) is 0 Å². The zero-order valence-electron chi connectivity index (χ0n) is 10.2. The smallest absolute Gasteiger partial charge is 0.304 e. The van der Waals surface area contributed by atoms with Crippen molar-refractivity contribution in [2.75, 3.05) is 11.1 Å². The first kappa shape index (κ1) is 13.8. The highest BCUT2D eigenvalue weighted by Crippen LogP contribution is 2.27. The van der Waals surface area contributed by atoms with Crippen LogP contribution in [0.3, 0.4) is 0 Å². The Morgan fingerprint density at radius 3 is 2.60 bits per heavy atom. The summed E-state index contributed by atoms with van der Waals surface area (Å²) < 4.78 is 0. The number of amides is 1. The number of rotatable bonds is 3. The molecule has 2 aromatic carbocycles. The molecule has 0 aliphatic rings. The summed E-state index contributed by atoms with van der Waals surface area (Å²) >= 11 is 5.80. The van der Waals surface area contributed by atoms with E-state index in [9.17, 15) is 14.9 Å². The molecule has 1 amide bonds. The molecule has 0 fully saturated rings. The fourth-order valence-corrected chi connectivity index (χ4v) is 1.90. The van der Waals surface area contributed by atoms with E-state index in [1.165, 1.54) is 24.3 Å². The van der Waals surface area contributed by atoms with Gasteiger partial charge in [-0.1, -0.05) is 23.7 Å². The number of nitrogens with one attached hydrogen (secondary N) is 1. The molecule has 0 heterocycles. The Hall–Kier alpha value is -2.60. The molecule has 20 heavy (non-hydrogen) atoms. The Morgan fingerprint density at radius 1 is 1.25 bits per heavy atom. The summed E-state index contributed by atoms with van der Waals surface area (Å²) in [6.45, 7) is 0. The van der Waals surface area contributed by atoms with Crippen LogP contribution in [-0.4, -0.2) is 10.8 Å². The van der Waals surface area contributed by atoms with E-state index in [1.54, 1.807) is 18.2 Å². The number of para-hydroxylation sites is 1. The Balaban J connectivity index is 2.35. The molecule has 0 bridgehead atoms. The van der Waals surface area contributed by atoms with Gasteiger partial charge in [-0.3, -0.25) is 14.9 Å². The third-order valence-corrected chi connectivity index (χ3v) is 2.81. The van der Waals surface area contributed by atoms with Crippen molar-refractivity contribution in [3.8, 4) is 0 Å². The lowest BCUT2D eigenvalue weighted by atomic mass is 10.1. The molecule has 7 heteroatoms. The quantitative estimate of drug-likeness (QED) is 0.516. The second-order valence-corrected chi connectivity index (χ2v) is 4.40. The Kier molecular flexibility index (Phi) is 3.86. The molecule has 0 atom stereocenters. The number of nitro groups is 1. The van der Waals surface area contributed by atoms with Gasteiger partial charge in [-0.25, -0.2) is 0 Å². The van der Waals surface area contributed by atoms with Crippen molar-refractivity contribution in [2.24, 2.45) is 0 Å². The SMILES string of the molecule is Nc1cccc(C(=O)Nc2cccc(Cl)c2)c1[N+](=O)[O-]. The van der Waals surface area contributed by atoms with E-state index in [1.807, 2.05) is 0 Å². The number of anilines is 2. The second-order valence-electron chi connectivity index (χ2n) is 3.96. The molecule has 0 unspecified atom stereocenters. The van der Waals surface area contributed by atoms with E-state index in [2.05, 4.69) is 5.32 Å². The molecule has 0 saturated carbocycles. The lowest BCUT2D eigenvalue weighted by Crippen LogP contribution is -2.14. The molecule has 0 aliphatic heterocycles. The van der Waals surface area contributed by atoms with Gasteiger partial charge in [-0.15, -0.1) is 0 Å². The molecule has 3 N–H and O–H groups in total. The van der Waals surface area contributed by atoms with Crippen LogP contribution >= 0.6 is 11.6 Å². The molecule has 0 radical (unpaired) electrons. The van der Waals surface area contributed by atoms with E-state index in [-0.39, 0.29) is 11.3 Å². The number of carbonyl (C=O) groups excluding carboxylic acids is 1. The molecule has 0 aliphatic carbocycles. The van der Waals surface area contributed by atoms with E-state index in [0.717, 1.165) is 0 Å². The van der Waals surface area contributed by atoms with Crippen molar-refractivity contribution in [2.45, 2.75) is 0 Å². The number of nitrogens with two attached hydrogens (primary N) is 1. The summed E-state index contributed by atoms with van der Waals surface area (Å²) in [5.41, 5.74) is 5.41. The maximum absolute atomic E-state index is 12.1. The van der Waals surface area contributed by atoms with Crippen LogP contribution in [0.2, 0.25) is 5.02 Å². The van der Waals surface area contributed by atoms with E-state index < -0.39 is 16.5 Å². The van der Waals surface area contributed by atoms with Gasteiger partial charge in [0.25, 0.3) is 5.91 Å². The highest BCUT2D eigenvalue weighted by Gasteiger charge is 2.23. The lowest BCUT2D eigenvalue weighted by molar-refractivity contribution is -0.384. The Morgan fingerprint density at radius 2 is 1.95 bits per heavy atom. The Labute approximate surface area is 119 Å². The third-order valence-electron chi connectivity index (χ3n) is 2.58. The standard InChI is InChI=1S/C13H10ClN3O3/c14-8-3-1-4-9(7-8)16-13(18)10-5-2-6-11(15)12(10)17(19)20/h1-7H,15H2,(H,16,18). The number of hydrogen-bond acceptors (Lipinski definition) is 4. The first-order valence-electron chi connectivity index (χ1n) is 5.59. The fourth-order valence-electron chi connectivity index (χ4n) is 1.71. The van der Waals surface area contributed by atoms with E-state index in [0.29, 0.717) is 10.7 Å². The minimum atomic E-state index is -0.678. The van der Waals surface area contributed by atoms with Crippen LogP contribution in [0.4, 0.5) is 17.1 Å². The van der Waals surface area contributed by atoms with Crippen molar-refractivity contribution in [3.05, 3.63) is 63.2 Å². The monoisotopic (exact) mass is 291 g/mol. The summed E-state index contributed by atoms with van der Waals surface area (Å²) in [7, 11) is 0. The van der Waals surface area contributed by atoms with Crippen molar-refractivity contribution in [1.29, 1.82) is 0 Å². The molecule has 0 spiro atoms. The van der Waals surface area contributed by atoms with Gasteiger partial charge < -0.3 is 11.1 Å². The van der Waals surface area contributed by atoms with Crippen LogP contribution in [0.5, 0.6) is 0 Å². The number of benzene rings is 2. The zero-order valence-corrected chi connectivity index (χ0v) is 10.9.